The molecule has 1 aliphatic carbocycles. The van der Waals surface area contributed by atoms with Crippen LogP contribution in [0.1, 0.15) is 77.9 Å². The molecule has 0 fully saturated rings. The summed E-state index contributed by atoms with van der Waals surface area (Å²) in [6.45, 7) is 0.951. The van der Waals surface area contributed by atoms with Crippen molar-refractivity contribution < 1.29 is 43.8 Å². The van der Waals surface area contributed by atoms with E-state index in [1.54, 1.807) is 84.9 Å². The highest BCUT2D eigenvalue weighted by Gasteiger charge is 2.34. The molecule has 0 saturated heterocycles. The van der Waals surface area contributed by atoms with E-state index in [1.165, 1.54) is 6.92 Å². The maximum atomic E-state index is 12.9. The first kappa shape index (κ1) is 41.5. The Morgan fingerprint density at radius 2 is 1.22 bits per heavy atom. The van der Waals surface area contributed by atoms with Gasteiger partial charge in [-0.2, -0.15) is 0 Å². The summed E-state index contributed by atoms with van der Waals surface area (Å²) in [5, 5.41) is 41.2. The molecule has 0 aromatic heterocycles. The van der Waals surface area contributed by atoms with Gasteiger partial charge >= 0.3 is 11.9 Å². The van der Waals surface area contributed by atoms with Crippen LogP contribution in [0.25, 0.3) is 0 Å². The molecule has 17 nitrogen and oxygen atoms in total. The van der Waals surface area contributed by atoms with E-state index >= 15 is 0 Å². The zero-order chi connectivity index (χ0) is 42.3. The highest BCUT2D eigenvalue weighted by Crippen LogP contribution is 2.30. The minimum absolute atomic E-state index is 0.0754. The third-order valence-electron chi connectivity index (χ3n) is 9.49. The lowest BCUT2D eigenvalue weighted by molar-refractivity contribution is -0.144. The fourth-order valence-electron chi connectivity index (χ4n) is 6.52. The second kappa shape index (κ2) is 17.8. The van der Waals surface area contributed by atoms with Crippen molar-refractivity contribution in [3.63, 3.8) is 0 Å². The standard InChI is InChI=1S/C22H22N4O5.C19H18N4O4/c1-12(27)26(11-19(28)29)18-9-6-15-10-16(7-8-17(15)20(18)30)25-22(31)14-4-2-13(3-5-14)21(23)24;20-18(21)10-1-3-11(4-2-10)19(27)23-13-5-6-14-15(8-13)22-9-12(17(14)26)7-16(24)25/h2-5,7-8,10,18H,6,9,11H2,1H3,(H3,23,24)(H,25,31)(H,28,29);1-6,8,12,22H,7,9H2,(H3,20,21)(H,23,27)(H,24,25). The molecular weight excluding hydrogens is 748 g/mol. The number of rotatable bonds is 11. The monoisotopic (exact) mass is 788 g/mol. The molecule has 2 atom stereocenters. The van der Waals surface area contributed by atoms with Gasteiger partial charge in [-0.15, -0.1) is 0 Å². The summed E-state index contributed by atoms with van der Waals surface area (Å²) in [6, 6.07) is 21.5. The smallest absolute Gasteiger partial charge is 0.323 e. The predicted molar refractivity (Wildman–Crippen MR) is 214 cm³/mol. The van der Waals surface area contributed by atoms with Gasteiger partial charge in [0.1, 0.15) is 18.2 Å². The van der Waals surface area contributed by atoms with Gasteiger partial charge in [-0.3, -0.25) is 44.4 Å². The topological polar surface area (TPSA) is 299 Å². The van der Waals surface area contributed by atoms with Crippen LogP contribution in [0, 0.1) is 16.7 Å². The average Bonchev–Trinajstić information content (AvgIpc) is 3.18. The highest BCUT2D eigenvalue weighted by atomic mass is 16.4. The van der Waals surface area contributed by atoms with E-state index in [2.05, 4.69) is 16.0 Å². The van der Waals surface area contributed by atoms with Gasteiger partial charge in [-0.1, -0.05) is 24.3 Å². The third-order valence-corrected chi connectivity index (χ3v) is 9.49. The molecule has 0 bridgehead atoms. The van der Waals surface area contributed by atoms with Crippen molar-refractivity contribution in [3.05, 3.63) is 124 Å². The molecule has 298 valence electrons. The number of carbonyl (C=O) groups is 7. The van der Waals surface area contributed by atoms with Crippen LogP contribution in [0.5, 0.6) is 0 Å². The molecule has 11 N–H and O–H groups in total. The van der Waals surface area contributed by atoms with Crippen LogP contribution in [0.15, 0.2) is 84.9 Å². The van der Waals surface area contributed by atoms with E-state index < -0.39 is 36.4 Å². The molecule has 0 spiro atoms. The van der Waals surface area contributed by atoms with Crippen LogP contribution in [0.2, 0.25) is 0 Å². The number of nitrogens with zero attached hydrogens (tertiary/aromatic N) is 1. The molecule has 2 aliphatic rings. The van der Waals surface area contributed by atoms with Crippen molar-refractivity contribution in [1.29, 1.82) is 10.8 Å². The van der Waals surface area contributed by atoms with Crippen molar-refractivity contribution >= 4 is 70.0 Å². The highest BCUT2D eigenvalue weighted by molar-refractivity contribution is 6.09. The number of nitrogen functional groups attached to an aromatic ring is 2. The molecule has 0 radical (unpaired) electrons. The lowest BCUT2D eigenvalue weighted by Crippen LogP contribution is -2.48. The van der Waals surface area contributed by atoms with Gasteiger partial charge < -0.3 is 42.5 Å². The fraction of sp³-hybridized carbons (Fsp3) is 0.195. The van der Waals surface area contributed by atoms with E-state index in [0.29, 0.717) is 63.3 Å². The Morgan fingerprint density at radius 1 is 0.724 bits per heavy atom. The number of hydrogen-bond donors (Lipinski definition) is 9. The first-order valence-corrected chi connectivity index (χ1v) is 17.8. The van der Waals surface area contributed by atoms with Crippen LogP contribution in [-0.4, -0.2) is 87.1 Å². The van der Waals surface area contributed by atoms with E-state index in [1.807, 2.05) is 0 Å². The van der Waals surface area contributed by atoms with Gasteiger partial charge in [-0.05, 0) is 79.1 Å². The number of aliphatic carboxylic acids is 2. The number of anilines is 3. The number of benzene rings is 4. The molecule has 3 amide bonds. The number of Topliss-reactive ketones (excluding diaryl/α,β-unsaturated/α-hetero) is 2. The van der Waals surface area contributed by atoms with E-state index in [9.17, 15) is 33.6 Å². The van der Waals surface area contributed by atoms with Gasteiger partial charge in [0.15, 0.2) is 11.6 Å². The normalized spacial score (nSPS) is 15.2. The summed E-state index contributed by atoms with van der Waals surface area (Å²) in [6.07, 6.45) is 0.550. The fourth-order valence-corrected chi connectivity index (χ4v) is 6.52. The molecule has 58 heavy (non-hydrogen) atoms. The first-order chi connectivity index (χ1) is 27.5. The summed E-state index contributed by atoms with van der Waals surface area (Å²) in [5.41, 5.74) is 15.8. The minimum Gasteiger partial charge on any atom is -0.481 e. The number of carboxylic acid groups (broad SMARTS) is 2. The number of carboxylic acids is 2. The summed E-state index contributed by atoms with van der Waals surface area (Å²) >= 11 is 0. The Kier molecular flexibility index (Phi) is 12.8. The van der Waals surface area contributed by atoms with E-state index in [0.717, 1.165) is 10.5 Å². The quantitative estimate of drug-likeness (QED) is 0.0779. The van der Waals surface area contributed by atoms with Crippen LogP contribution in [-0.2, 0) is 20.8 Å². The summed E-state index contributed by atoms with van der Waals surface area (Å²) < 4.78 is 0. The summed E-state index contributed by atoms with van der Waals surface area (Å²) in [4.78, 5) is 84.9. The Hall–Kier alpha value is -7.69. The minimum atomic E-state index is -1.18. The molecule has 4 aromatic rings. The largest absolute Gasteiger partial charge is 0.481 e. The molecule has 0 saturated carbocycles. The molecular formula is C41H40N8O9. The Morgan fingerprint density at radius 3 is 1.71 bits per heavy atom. The second-order valence-corrected chi connectivity index (χ2v) is 13.5. The Labute approximate surface area is 331 Å². The Bertz CT molecular complexity index is 2340. The van der Waals surface area contributed by atoms with Crippen LogP contribution >= 0.6 is 0 Å². The lowest BCUT2D eigenvalue weighted by Gasteiger charge is -2.32. The second-order valence-electron chi connectivity index (χ2n) is 13.5. The molecule has 1 aliphatic heterocycles. The number of carbonyl (C=O) groups excluding carboxylic acids is 5. The van der Waals surface area contributed by atoms with E-state index in [4.69, 9.17) is 32.5 Å². The van der Waals surface area contributed by atoms with Crippen molar-refractivity contribution in [2.24, 2.45) is 17.4 Å². The third kappa shape index (κ3) is 9.94. The number of nitrogens with two attached hydrogens (primary N) is 2. The zero-order valence-corrected chi connectivity index (χ0v) is 31.1. The van der Waals surface area contributed by atoms with Gasteiger partial charge in [0.2, 0.25) is 5.91 Å². The summed E-state index contributed by atoms with van der Waals surface area (Å²) in [5.74, 6) is -4.64. The number of nitrogens with one attached hydrogen (secondary N) is 5. The van der Waals surface area contributed by atoms with Crippen molar-refractivity contribution in [1.82, 2.24) is 4.90 Å². The van der Waals surface area contributed by atoms with Crippen molar-refractivity contribution in [2.45, 2.75) is 32.2 Å². The number of ketones is 2. The summed E-state index contributed by atoms with van der Waals surface area (Å²) in [7, 11) is 0. The van der Waals surface area contributed by atoms with Gasteiger partial charge in [-0.25, -0.2) is 0 Å². The molecule has 17 heteroatoms. The average molecular weight is 789 g/mol. The van der Waals surface area contributed by atoms with E-state index in [-0.39, 0.29) is 48.0 Å². The molecule has 6 rings (SSSR count). The molecule has 1 heterocycles. The van der Waals surface area contributed by atoms with Gasteiger partial charge in [0.25, 0.3) is 11.8 Å². The SMILES string of the molecule is CC(=O)N(CC(=O)O)C1CCc2cc(NC(=O)c3ccc(C(=N)N)cc3)ccc2C1=O.N=C(N)c1ccc(C(=O)Nc2ccc3c(c2)NCC(CC(=O)O)C3=O)cc1. The van der Waals surface area contributed by atoms with Gasteiger partial charge in [0, 0.05) is 63.9 Å². The van der Waals surface area contributed by atoms with Crippen molar-refractivity contribution in [2.75, 3.05) is 29.0 Å². The maximum absolute atomic E-state index is 12.9. The number of amidine groups is 2. The van der Waals surface area contributed by atoms with Crippen LogP contribution in [0.4, 0.5) is 17.1 Å². The predicted octanol–water partition coefficient (Wildman–Crippen LogP) is 3.58. The number of fused-ring (bicyclic) bond motifs is 2. The number of amides is 3. The molecule has 2 unspecified atom stereocenters. The lowest BCUT2D eigenvalue weighted by atomic mass is 9.86. The number of aryl methyl sites for hydroxylation is 1. The zero-order valence-electron chi connectivity index (χ0n) is 31.1. The molecule has 4 aromatic carbocycles. The van der Waals surface area contributed by atoms with Crippen LogP contribution in [0.3, 0.4) is 0 Å². The Balaban J connectivity index is 0.000000223. The number of hydrogen-bond acceptors (Lipinski definition) is 10. The van der Waals surface area contributed by atoms with Crippen molar-refractivity contribution in [3.8, 4) is 0 Å². The van der Waals surface area contributed by atoms with Gasteiger partial charge in [0.05, 0.1) is 18.4 Å². The maximum Gasteiger partial charge on any atom is 0.323 e. The van der Waals surface area contributed by atoms with Crippen LogP contribution < -0.4 is 27.4 Å². The first-order valence-electron chi connectivity index (χ1n) is 17.8.